The van der Waals surface area contributed by atoms with Gasteiger partial charge in [0, 0.05) is 11.1 Å². The zero-order valence-electron chi connectivity index (χ0n) is 15.2. The van der Waals surface area contributed by atoms with E-state index in [0.717, 1.165) is 5.56 Å². The van der Waals surface area contributed by atoms with Crippen LogP contribution in [0.3, 0.4) is 0 Å². The molecule has 26 heavy (non-hydrogen) atoms. The quantitative estimate of drug-likeness (QED) is 0.819. The van der Waals surface area contributed by atoms with Gasteiger partial charge in [-0.2, -0.15) is 0 Å². The van der Waals surface area contributed by atoms with E-state index in [0.29, 0.717) is 5.56 Å². The second-order valence-electron chi connectivity index (χ2n) is 6.77. The van der Waals surface area contributed by atoms with Gasteiger partial charge in [-0.1, -0.05) is 30.3 Å². The molecule has 0 saturated heterocycles. The minimum Gasteiger partial charge on any atom is -0.457 e. The number of rotatable bonds is 4. The van der Waals surface area contributed by atoms with Crippen LogP contribution in [0, 0.1) is 0 Å². The number of imide groups is 1. The Kier molecular flexibility index (Phi) is 5.82. The van der Waals surface area contributed by atoms with Crippen LogP contribution in [0.4, 0.5) is 4.79 Å². The number of carbonyl (C=O) groups excluding carboxylic acids is 3. The maximum atomic E-state index is 12.3. The molecule has 138 valence electrons. The Morgan fingerprint density at radius 2 is 1.73 bits per heavy atom. The van der Waals surface area contributed by atoms with Gasteiger partial charge in [-0.3, -0.25) is 10.1 Å². The van der Waals surface area contributed by atoms with Gasteiger partial charge >= 0.3 is 12.0 Å². The monoisotopic (exact) mass is 358 g/mol. The largest absolute Gasteiger partial charge is 0.457 e. The summed E-state index contributed by atoms with van der Waals surface area (Å²) in [7, 11) is 0. The summed E-state index contributed by atoms with van der Waals surface area (Å²) in [5.74, 6) is -1.52. The van der Waals surface area contributed by atoms with E-state index in [1.807, 2.05) is 30.3 Å². The summed E-state index contributed by atoms with van der Waals surface area (Å²) in [6, 6.07) is 10.2. The summed E-state index contributed by atoms with van der Waals surface area (Å²) in [5.41, 5.74) is 0.854. The second-order valence-corrected chi connectivity index (χ2v) is 6.77. The van der Waals surface area contributed by atoms with Gasteiger partial charge in [0.25, 0.3) is 5.91 Å². The van der Waals surface area contributed by atoms with Crippen molar-refractivity contribution >= 4 is 17.9 Å². The zero-order valence-corrected chi connectivity index (χ0v) is 15.2. The van der Waals surface area contributed by atoms with Gasteiger partial charge in [-0.25, -0.2) is 9.59 Å². The van der Waals surface area contributed by atoms with Crippen LogP contribution in [0.5, 0.6) is 0 Å². The van der Waals surface area contributed by atoms with Crippen molar-refractivity contribution in [3.05, 3.63) is 48.4 Å². The molecule has 1 aromatic carbocycles. The average Bonchev–Trinajstić information content (AvgIpc) is 3.03. The minimum absolute atomic E-state index is 0.00464. The maximum absolute atomic E-state index is 12.3. The molecule has 7 heteroatoms. The molecule has 2 aromatic rings. The number of ether oxygens (including phenoxy) is 1. The third kappa shape index (κ3) is 5.20. The molecule has 1 heterocycles. The van der Waals surface area contributed by atoms with Crippen molar-refractivity contribution in [3.8, 4) is 11.1 Å². The number of nitrogens with one attached hydrogen (secondary N) is 2. The van der Waals surface area contributed by atoms with E-state index in [-0.39, 0.29) is 5.76 Å². The molecule has 0 spiro atoms. The maximum Gasteiger partial charge on any atom is 0.375 e. The lowest BCUT2D eigenvalue weighted by molar-refractivity contribution is -0.128. The number of carbonyl (C=O) groups is 3. The number of esters is 1. The fourth-order valence-electron chi connectivity index (χ4n) is 2.17. The summed E-state index contributed by atoms with van der Waals surface area (Å²) in [6.45, 7) is 6.72. The molecule has 0 radical (unpaired) electrons. The first kappa shape index (κ1) is 19.2. The van der Waals surface area contributed by atoms with E-state index in [4.69, 9.17) is 9.15 Å². The van der Waals surface area contributed by atoms with Gasteiger partial charge in [0.05, 0.1) is 6.26 Å². The first-order valence-corrected chi connectivity index (χ1v) is 8.14. The number of hydrogen-bond acceptors (Lipinski definition) is 5. The predicted molar refractivity (Wildman–Crippen MR) is 95.4 cm³/mol. The van der Waals surface area contributed by atoms with E-state index >= 15 is 0 Å². The number of hydrogen-bond donors (Lipinski definition) is 2. The molecule has 0 aliphatic carbocycles. The Morgan fingerprint density at radius 1 is 1.08 bits per heavy atom. The highest BCUT2D eigenvalue weighted by atomic mass is 16.6. The van der Waals surface area contributed by atoms with Crippen molar-refractivity contribution in [2.24, 2.45) is 0 Å². The lowest BCUT2D eigenvalue weighted by atomic mass is 10.1. The fraction of sp³-hybridized carbons (Fsp3) is 0.316. The number of furan rings is 1. The fourth-order valence-corrected chi connectivity index (χ4v) is 2.17. The van der Waals surface area contributed by atoms with Crippen LogP contribution in [-0.4, -0.2) is 29.6 Å². The van der Waals surface area contributed by atoms with Crippen LogP contribution in [0.2, 0.25) is 0 Å². The highest BCUT2D eigenvalue weighted by molar-refractivity contribution is 5.99. The van der Waals surface area contributed by atoms with Gasteiger partial charge in [-0.05, 0) is 39.3 Å². The van der Waals surface area contributed by atoms with Crippen molar-refractivity contribution in [1.29, 1.82) is 0 Å². The molecule has 1 aromatic heterocycles. The summed E-state index contributed by atoms with van der Waals surface area (Å²) < 4.78 is 10.3. The molecule has 3 amide bonds. The average molecular weight is 358 g/mol. The molecule has 0 aliphatic rings. The van der Waals surface area contributed by atoms with Crippen molar-refractivity contribution in [3.63, 3.8) is 0 Å². The molecule has 2 N–H and O–H groups in total. The molecule has 0 fully saturated rings. The Morgan fingerprint density at radius 3 is 2.35 bits per heavy atom. The normalized spacial score (nSPS) is 12.2. The van der Waals surface area contributed by atoms with Crippen molar-refractivity contribution < 1.29 is 23.5 Å². The number of amides is 3. The molecule has 2 rings (SSSR count). The van der Waals surface area contributed by atoms with Gasteiger partial charge in [0.1, 0.15) is 0 Å². The van der Waals surface area contributed by atoms with Gasteiger partial charge in [0.2, 0.25) is 5.76 Å². The third-order valence-corrected chi connectivity index (χ3v) is 3.31. The van der Waals surface area contributed by atoms with Crippen LogP contribution in [0.1, 0.15) is 38.2 Å². The highest BCUT2D eigenvalue weighted by Crippen LogP contribution is 2.25. The van der Waals surface area contributed by atoms with Crippen molar-refractivity contribution in [1.82, 2.24) is 10.6 Å². The second kappa shape index (κ2) is 7.86. The summed E-state index contributed by atoms with van der Waals surface area (Å²) >= 11 is 0. The zero-order chi connectivity index (χ0) is 19.3. The lowest BCUT2D eigenvalue weighted by Gasteiger charge is -2.21. The van der Waals surface area contributed by atoms with Gasteiger partial charge < -0.3 is 14.5 Å². The molecular weight excluding hydrogens is 336 g/mol. The minimum atomic E-state index is -1.16. The Labute approximate surface area is 151 Å². The molecule has 0 bridgehead atoms. The van der Waals surface area contributed by atoms with Gasteiger partial charge in [0.15, 0.2) is 6.10 Å². The van der Waals surface area contributed by atoms with Crippen LogP contribution >= 0.6 is 0 Å². The molecule has 1 unspecified atom stereocenters. The topological polar surface area (TPSA) is 97.6 Å². The van der Waals surface area contributed by atoms with E-state index in [1.165, 1.54) is 13.2 Å². The lowest BCUT2D eigenvalue weighted by Crippen LogP contribution is -2.50. The Balaban J connectivity index is 2.01. The van der Waals surface area contributed by atoms with Crippen molar-refractivity contribution in [2.45, 2.75) is 39.3 Å². The Bertz CT molecular complexity index is 790. The predicted octanol–water partition coefficient (Wildman–Crippen LogP) is 3.12. The molecule has 1 atom stereocenters. The molecule has 0 saturated carbocycles. The molecule has 0 aliphatic heterocycles. The van der Waals surface area contributed by atoms with Gasteiger partial charge in [-0.15, -0.1) is 0 Å². The van der Waals surface area contributed by atoms with E-state index in [1.54, 1.807) is 26.8 Å². The van der Waals surface area contributed by atoms with E-state index < -0.39 is 29.6 Å². The summed E-state index contributed by atoms with van der Waals surface area (Å²) in [5, 5.41) is 4.72. The Hall–Kier alpha value is -3.09. The van der Waals surface area contributed by atoms with Crippen LogP contribution in [0.15, 0.2) is 47.1 Å². The smallest absolute Gasteiger partial charge is 0.375 e. The molecular formula is C19H22N2O5. The molecule has 7 nitrogen and oxygen atoms in total. The SMILES string of the molecule is CC(OC(=O)c1occc1-c1ccccc1)C(=O)NC(=O)NC(C)(C)C. The summed E-state index contributed by atoms with van der Waals surface area (Å²) in [4.78, 5) is 36.1. The van der Waals surface area contributed by atoms with Crippen LogP contribution < -0.4 is 10.6 Å². The van der Waals surface area contributed by atoms with E-state index in [9.17, 15) is 14.4 Å². The number of benzene rings is 1. The first-order chi connectivity index (χ1) is 12.2. The highest BCUT2D eigenvalue weighted by Gasteiger charge is 2.25. The standard InChI is InChI=1S/C19H22N2O5/c1-12(16(22)20-18(24)21-19(2,3)4)26-17(23)15-14(10-11-25-15)13-8-6-5-7-9-13/h5-12H,1-4H3,(H2,20,21,22,24). The third-order valence-electron chi connectivity index (χ3n) is 3.31. The van der Waals surface area contributed by atoms with Crippen LogP contribution in [0.25, 0.3) is 11.1 Å². The number of urea groups is 1. The van der Waals surface area contributed by atoms with Crippen molar-refractivity contribution in [2.75, 3.05) is 0 Å². The first-order valence-electron chi connectivity index (χ1n) is 8.14. The summed E-state index contributed by atoms with van der Waals surface area (Å²) in [6.07, 6.45) is 0.211. The van der Waals surface area contributed by atoms with E-state index in [2.05, 4.69) is 10.6 Å². The van der Waals surface area contributed by atoms with Crippen LogP contribution in [-0.2, 0) is 9.53 Å².